The first-order chi connectivity index (χ1) is 10.4. The molecule has 0 unspecified atom stereocenters. The van der Waals surface area contributed by atoms with E-state index in [0.29, 0.717) is 0 Å². The van der Waals surface area contributed by atoms with Crippen molar-refractivity contribution in [2.24, 2.45) is 0 Å². The average Bonchev–Trinajstić information content (AvgIpc) is 3.11. The Labute approximate surface area is 130 Å². The predicted molar refractivity (Wildman–Crippen MR) is 88.7 cm³/mol. The summed E-state index contributed by atoms with van der Waals surface area (Å²) in [7, 11) is 0. The minimum atomic E-state index is 0.170. The molecule has 0 aromatic heterocycles. The van der Waals surface area contributed by atoms with E-state index in [1.807, 2.05) is 6.07 Å². The van der Waals surface area contributed by atoms with Crippen LogP contribution >= 0.6 is 12.2 Å². The second kappa shape index (κ2) is 5.13. The molecular formula is C17H17N3S. The van der Waals surface area contributed by atoms with Crippen molar-refractivity contribution in [1.29, 1.82) is 0 Å². The van der Waals surface area contributed by atoms with Gasteiger partial charge in [0.25, 0.3) is 0 Å². The Kier molecular flexibility index (Phi) is 3.13. The van der Waals surface area contributed by atoms with E-state index in [1.165, 1.54) is 12.0 Å². The van der Waals surface area contributed by atoms with Crippen LogP contribution in [0.5, 0.6) is 0 Å². The van der Waals surface area contributed by atoms with Crippen LogP contribution < -0.4 is 4.90 Å². The molecule has 0 amide bonds. The van der Waals surface area contributed by atoms with Crippen molar-refractivity contribution < 1.29 is 0 Å². The largest absolute Gasteiger partial charge is 0.296 e. The van der Waals surface area contributed by atoms with Crippen LogP contribution in [0.15, 0.2) is 60.7 Å². The number of benzene rings is 2. The molecule has 3 nitrogen and oxygen atoms in total. The summed E-state index contributed by atoms with van der Waals surface area (Å²) in [4.78, 5) is 2.27. The van der Waals surface area contributed by atoms with Crippen LogP contribution in [0.25, 0.3) is 0 Å². The quantitative estimate of drug-likeness (QED) is 0.785. The van der Waals surface area contributed by atoms with E-state index in [4.69, 9.17) is 12.2 Å². The molecule has 4 rings (SSSR count). The van der Waals surface area contributed by atoms with Crippen molar-refractivity contribution in [2.45, 2.75) is 12.6 Å². The van der Waals surface area contributed by atoms with Gasteiger partial charge >= 0.3 is 0 Å². The van der Waals surface area contributed by atoms with Crippen molar-refractivity contribution >= 4 is 23.0 Å². The van der Waals surface area contributed by atoms with Crippen LogP contribution in [0.3, 0.4) is 0 Å². The van der Waals surface area contributed by atoms with Gasteiger partial charge in [-0.05, 0) is 36.3 Å². The number of hydrazine groups is 1. The Morgan fingerprint density at radius 1 is 0.857 bits per heavy atom. The number of nitrogens with zero attached hydrogens (tertiary/aromatic N) is 3. The predicted octanol–water partition coefficient (Wildman–Crippen LogP) is 3.41. The SMILES string of the molecule is S=C1N(c2ccccc2)[C@H](c2ccccc2)N2CCCN12. The maximum absolute atomic E-state index is 5.75. The summed E-state index contributed by atoms with van der Waals surface area (Å²) >= 11 is 5.75. The average molecular weight is 295 g/mol. The molecule has 0 radical (unpaired) electrons. The molecule has 2 fully saturated rings. The van der Waals surface area contributed by atoms with Gasteiger partial charge in [-0.15, -0.1) is 0 Å². The number of para-hydroxylation sites is 1. The Morgan fingerprint density at radius 2 is 1.52 bits per heavy atom. The number of anilines is 1. The van der Waals surface area contributed by atoms with Gasteiger partial charge in [0, 0.05) is 18.8 Å². The molecule has 2 aliphatic rings. The lowest BCUT2D eigenvalue weighted by Crippen LogP contribution is -2.32. The Balaban J connectivity index is 1.81. The number of thiocarbonyl (C=S) groups is 1. The number of fused-ring (bicyclic) bond motifs is 1. The van der Waals surface area contributed by atoms with Crippen molar-refractivity contribution in [3.8, 4) is 0 Å². The van der Waals surface area contributed by atoms with E-state index in [-0.39, 0.29) is 6.17 Å². The Morgan fingerprint density at radius 3 is 2.24 bits per heavy atom. The van der Waals surface area contributed by atoms with Gasteiger partial charge in [0.1, 0.15) is 6.17 Å². The lowest BCUT2D eigenvalue weighted by atomic mass is 10.1. The first kappa shape index (κ1) is 12.8. The molecule has 4 heteroatoms. The molecule has 0 spiro atoms. The summed E-state index contributed by atoms with van der Waals surface area (Å²) in [5, 5.41) is 5.55. The number of rotatable bonds is 2. The highest BCUT2D eigenvalue weighted by atomic mass is 32.1. The lowest BCUT2D eigenvalue weighted by molar-refractivity contribution is 0.0923. The molecule has 2 aromatic rings. The zero-order valence-electron chi connectivity index (χ0n) is 11.7. The van der Waals surface area contributed by atoms with Crippen molar-refractivity contribution in [3.63, 3.8) is 0 Å². The molecule has 1 atom stereocenters. The molecule has 0 bridgehead atoms. The third-order valence-corrected chi connectivity index (χ3v) is 4.56. The van der Waals surface area contributed by atoms with Crippen molar-refractivity contribution in [2.75, 3.05) is 18.0 Å². The molecule has 106 valence electrons. The van der Waals surface area contributed by atoms with E-state index in [9.17, 15) is 0 Å². The second-order valence-corrected chi connectivity index (χ2v) is 5.78. The fraction of sp³-hybridized carbons (Fsp3) is 0.235. The van der Waals surface area contributed by atoms with Gasteiger partial charge in [0.15, 0.2) is 5.11 Å². The van der Waals surface area contributed by atoms with Gasteiger partial charge in [-0.3, -0.25) is 9.91 Å². The molecule has 0 N–H and O–H groups in total. The van der Waals surface area contributed by atoms with Gasteiger partial charge < -0.3 is 0 Å². The summed E-state index contributed by atoms with van der Waals surface area (Å²) < 4.78 is 0. The fourth-order valence-corrected chi connectivity index (χ4v) is 3.64. The van der Waals surface area contributed by atoms with Crippen molar-refractivity contribution in [1.82, 2.24) is 10.0 Å². The standard InChI is InChI=1S/C17H17N3S/c21-17-19-13-7-12-18(19)16(14-8-3-1-4-9-14)20(17)15-10-5-2-6-11-15/h1-6,8-11,16H,7,12-13H2/t16-/m1/s1. The highest BCUT2D eigenvalue weighted by Gasteiger charge is 2.45. The number of hydrogen-bond acceptors (Lipinski definition) is 2. The summed E-state index contributed by atoms with van der Waals surface area (Å²) in [6.45, 7) is 2.08. The Bertz CT molecular complexity index is 644. The maximum atomic E-state index is 5.75. The summed E-state index contributed by atoms with van der Waals surface area (Å²) in [6, 6.07) is 21.1. The third kappa shape index (κ3) is 2.03. The zero-order chi connectivity index (χ0) is 14.2. The Hall–Kier alpha value is -1.91. The van der Waals surface area contributed by atoms with Crippen molar-refractivity contribution in [3.05, 3.63) is 66.2 Å². The second-order valence-electron chi connectivity index (χ2n) is 5.41. The highest BCUT2D eigenvalue weighted by Crippen LogP contribution is 2.40. The molecule has 0 saturated carbocycles. The lowest BCUT2D eigenvalue weighted by Gasteiger charge is -2.28. The molecule has 2 heterocycles. The van der Waals surface area contributed by atoms with Crippen LogP contribution in [0.1, 0.15) is 18.2 Å². The molecule has 2 aromatic carbocycles. The summed E-state index contributed by atoms with van der Waals surface area (Å²) in [6.07, 6.45) is 1.34. The molecule has 2 saturated heterocycles. The first-order valence-electron chi connectivity index (χ1n) is 7.33. The molecule has 0 aliphatic carbocycles. The van der Waals surface area contributed by atoms with E-state index < -0.39 is 0 Å². The fourth-order valence-electron chi connectivity index (χ4n) is 3.24. The van der Waals surface area contributed by atoms with Crippen LogP contribution in [0, 0.1) is 0 Å². The minimum Gasteiger partial charge on any atom is -0.296 e. The van der Waals surface area contributed by atoms with Crippen LogP contribution in [0.2, 0.25) is 0 Å². The van der Waals surface area contributed by atoms with Gasteiger partial charge in [-0.25, -0.2) is 0 Å². The minimum absolute atomic E-state index is 0.170. The van der Waals surface area contributed by atoms with Gasteiger partial charge in [0.05, 0.1) is 0 Å². The van der Waals surface area contributed by atoms with E-state index in [1.54, 1.807) is 0 Å². The van der Waals surface area contributed by atoms with Crippen LogP contribution in [0.4, 0.5) is 5.69 Å². The van der Waals surface area contributed by atoms with Gasteiger partial charge in [-0.1, -0.05) is 48.5 Å². The van der Waals surface area contributed by atoms with Crippen LogP contribution in [-0.2, 0) is 0 Å². The number of hydrogen-bond donors (Lipinski definition) is 0. The maximum Gasteiger partial charge on any atom is 0.192 e. The van der Waals surface area contributed by atoms with Gasteiger partial charge in [-0.2, -0.15) is 5.01 Å². The van der Waals surface area contributed by atoms with E-state index in [0.717, 1.165) is 23.9 Å². The molecular weight excluding hydrogens is 278 g/mol. The third-order valence-electron chi connectivity index (χ3n) is 4.15. The van der Waals surface area contributed by atoms with E-state index in [2.05, 4.69) is 69.5 Å². The summed E-state index contributed by atoms with van der Waals surface area (Å²) in [5.41, 5.74) is 2.44. The molecule has 2 aliphatic heterocycles. The monoisotopic (exact) mass is 295 g/mol. The highest BCUT2D eigenvalue weighted by molar-refractivity contribution is 7.80. The van der Waals surface area contributed by atoms with E-state index >= 15 is 0 Å². The van der Waals surface area contributed by atoms with Gasteiger partial charge in [0.2, 0.25) is 0 Å². The summed E-state index contributed by atoms with van der Waals surface area (Å²) in [5.74, 6) is 0. The molecule has 21 heavy (non-hydrogen) atoms. The zero-order valence-corrected chi connectivity index (χ0v) is 12.5. The first-order valence-corrected chi connectivity index (χ1v) is 7.74. The topological polar surface area (TPSA) is 9.72 Å². The van der Waals surface area contributed by atoms with Crippen LogP contribution in [-0.4, -0.2) is 28.2 Å². The smallest absolute Gasteiger partial charge is 0.192 e. The normalized spacial score (nSPS) is 21.9.